The normalized spacial score (nSPS) is 13.3. The highest BCUT2D eigenvalue weighted by atomic mass is 127. The van der Waals surface area contributed by atoms with E-state index in [2.05, 4.69) is 51.5 Å². The van der Waals surface area contributed by atoms with Gasteiger partial charge in [-0.25, -0.2) is 0 Å². The maximum atomic E-state index is 2.27. The maximum absolute atomic E-state index is 2.27. The van der Waals surface area contributed by atoms with E-state index >= 15 is 0 Å². The van der Waals surface area contributed by atoms with Crippen molar-refractivity contribution >= 4 is 23.2 Å². The summed E-state index contributed by atoms with van der Waals surface area (Å²) in [7, 11) is 2.11. The summed E-state index contributed by atoms with van der Waals surface area (Å²) in [6, 6.07) is 4.24. The summed E-state index contributed by atoms with van der Waals surface area (Å²) in [4.78, 5) is 0. The van der Waals surface area contributed by atoms with E-state index in [1.54, 1.807) is 11.3 Å². The first-order chi connectivity index (χ1) is 6.84. The zero-order valence-corrected chi connectivity index (χ0v) is 11.3. The Bertz CT molecular complexity index is 510. The Balaban J connectivity index is 0.000000853. The fourth-order valence-electron chi connectivity index (χ4n) is 1.88. The molecule has 0 fully saturated rings. The number of aromatic nitrogens is 1. The summed E-state index contributed by atoms with van der Waals surface area (Å²) in [5.41, 5.74) is 4.01. The molecule has 0 spiro atoms. The standard InChI is InChI=1S/C11H11N2S.HI/c1-12-6-10-3-2-4-13(10)5-9-7-14-8-11(9)12;/h2-4,6-8H,5H2,1H3;1H/q+1;/p-1. The lowest BCUT2D eigenvalue weighted by molar-refractivity contribution is -0.398. The molecule has 2 aromatic heterocycles. The van der Waals surface area contributed by atoms with Gasteiger partial charge in [-0.15, -0.1) is 11.3 Å². The molecule has 0 N–H and O–H groups in total. The van der Waals surface area contributed by atoms with Crippen LogP contribution in [0.5, 0.6) is 0 Å². The van der Waals surface area contributed by atoms with Crippen LogP contribution in [0.3, 0.4) is 0 Å². The minimum atomic E-state index is 0. The number of rotatable bonds is 0. The highest BCUT2D eigenvalue weighted by Gasteiger charge is 2.18. The van der Waals surface area contributed by atoms with E-state index in [9.17, 15) is 0 Å². The van der Waals surface area contributed by atoms with Gasteiger partial charge in [0.1, 0.15) is 12.7 Å². The lowest BCUT2D eigenvalue weighted by Crippen LogP contribution is -3.00. The van der Waals surface area contributed by atoms with E-state index < -0.39 is 0 Å². The van der Waals surface area contributed by atoms with E-state index in [1.165, 1.54) is 16.9 Å². The Kier molecular flexibility index (Phi) is 2.97. The second-order valence-corrected chi connectivity index (χ2v) is 4.33. The molecule has 0 atom stereocenters. The molecule has 2 nitrogen and oxygen atoms in total. The van der Waals surface area contributed by atoms with E-state index in [-0.39, 0.29) is 24.0 Å². The molecule has 0 aliphatic carbocycles. The molecule has 2 aromatic rings. The summed E-state index contributed by atoms with van der Waals surface area (Å²) >= 11 is 1.77. The Hall–Kier alpha value is -0.620. The smallest absolute Gasteiger partial charge is 0.220 e. The van der Waals surface area contributed by atoms with Crippen LogP contribution in [0.1, 0.15) is 11.3 Å². The Labute approximate surface area is 110 Å². The lowest BCUT2D eigenvalue weighted by atomic mass is 10.3. The quantitative estimate of drug-likeness (QED) is 0.446. The largest absolute Gasteiger partial charge is 1.00 e. The second kappa shape index (κ2) is 4.09. The average Bonchev–Trinajstić information content (AvgIpc) is 2.75. The van der Waals surface area contributed by atoms with Crippen LogP contribution in [-0.4, -0.2) is 22.4 Å². The van der Waals surface area contributed by atoms with Crippen molar-refractivity contribution in [3.05, 3.63) is 40.3 Å². The van der Waals surface area contributed by atoms with Gasteiger partial charge in [-0.2, -0.15) is 4.58 Å². The highest BCUT2D eigenvalue weighted by Crippen LogP contribution is 2.26. The van der Waals surface area contributed by atoms with Gasteiger partial charge in [-0.1, -0.05) is 0 Å². The molecule has 1 aliphatic rings. The highest BCUT2D eigenvalue weighted by molar-refractivity contribution is 7.08. The van der Waals surface area contributed by atoms with Gasteiger partial charge in [-0.3, -0.25) is 0 Å². The van der Waals surface area contributed by atoms with E-state index in [0.29, 0.717) is 0 Å². The van der Waals surface area contributed by atoms with Gasteiger partial charge < -0.3 is 28.5 Å². The first kappa shape index (κ1) is 10.9. The van der Waals surface area contributed by atoms with Gasteiger partial charge in [0.05, 0.1) is 17.5 Å². The van der Waals surface area contributed by atoms with Crippen LogP contribution in [0.2, 0.25) is 0 Å². The number of hydrogen-bond acceptors (Lipinski definition) is 1. The summed E-state index contributed by atoms with van der Waals surface area (Å²) in [6.45, 7) is 0.988. The molecule has 1 aliphatic heterocycles. The van der Waals surface area contributed by atoms with Crippen LogP contribution < -0.4 is 24.0 Å². The summed E-state index contributed by atoms with van der Waals surface area (Å²) in [6.07, 6.45) is 4.31. The van der Waals surface area contributed by atoms with Crippen molar-refractivity contribution in [1.82, 2.24) is 4.57 Å². The molecule has 0 radical (unpaired) electrons. The van der Waals surface area contributed by atoms with E-state index in [0.717, 1.165) is 6.54 Å². The van der Waals surface area contributed by atoms with Crippen molar-refractivity contribution < 1.29 is 28.6 Å². The van der Waals surface area contributed by atoms with Crippen molar-refractivity contribution in [3.8, 4) is 0 Å². The summed E-state index contributed by atoms with van der Waals surface area (Å²) in [5.74, 6) is 0. The fourth-order valence-corrected chi connectivity index (χ4v) is 2.76. The molecular formula is C11H11IN2S. The van der Waals surface area contributed by atoms with Crippen LogP contribution in [0.4, 0.5) is 5.69 Å². The van der Waals surface area contributed by atoms with E-state index in [1.807, 2.05) is 0 Å². The van der Waals surface area contributed by atoms with Crippen molar-refractivity contribution in [1.29, 1.82) is 0 Å². The van der Waals surface area contributed by atoms with Crippen molar-refractivity contribution in [2.45, 2.75) is 6.54 Å². The fraction of sp³-hybridized carbons (Fsp3) is 0.182. The van der Waals surface area contributed by atoms with Gasteiger partial charge in [0, 0.05) is 11.6 Å². The molecule has 0 aromatic carbocycles. The molecule has 4 heteroatoms. The monoisotopic (exact) mass is 330 g/mol. The average molecular weight is 330 g/mol. The molecule has 15 heavy (non-hydrogen) atoms. The number of hydrogen-bond donors (Lipinski definition) is 0. The van der Waals surface area contributed by atoms with Crippen LogP contribution in [0.25, 0.3) is 0 Å². The molecule has 0 amide bonds. The van der Waals surface area contributed by atoms with Crippen LogP contribution in [-0.2, 0) is 6.54 Å². The zero-order valence-electron chi connectivity index (χ0n) is 8.35. The Morgan fingerprint density at radius 3 is 3.13 bits per heavy atom. The summed E-state index contributed by atoms with van der Waals surface area (Å²) in [5, 5.41) is 4.44. The number of thiophene rings is 1. The first-order valence-electron chi connectivity index (χ1n) is 4.62. The molecule has 0 unspecified atom stereocenters. The van der Waals surface area contributed by atoms with Crippen LogP contribution >= 0.6 is 11.3 Å². The number of halogens is 1. The molecule has 0 saturated carbocycles. The molecule has 0 bridgehead atoms. The van der Waals surface area contributed by atoms with Crippen molar-refractivity contribution in [3.63, 3.8) is 0 Å². The van der Waals surface area contributed by atoms with Gasteiger partial charge >= 0.3 is 0 Å². The Morgan fingerprint density at radius 1 is 1.40 bits per heavy atom. The predicted molar refractivity (Wildman–Crippen MR) is 58.9 cm³/mol. The zero-order chi connectivity index (χ0) is 9.54. The minimum absolute atomic E-state index is 0. The minimum Gasteiger partial charge on any atom is -1.00 e. The van der Waals surface area contributed by atoms with Gasteiger partial charge in [-0.05, 0) is 12.1 Å². The van der Waals surface area contributed by atoms with Crippen LogP contribution in [0, 0.1) is 0 Å². The summed E-state index contributed by atoms with van der Waals surface area (Å²) < 4.78 is 4.47. The topological polar surface area (TPSA) is 7.94 Å². The van der Waals surface area contributed by atoms with Gasteiger partial charge in [0.2, 0.25) is 5.69 Å². The molecule has 3 heterocycles. The van der Waals surface area contributed by atoms with Gasteiger partial charge in [0.25, 0.3) is 0 Å². The van der Waals surface area contributed by atoms with Crippen molar-refractivity contribution in [2.75, 3.05) is 7.05 Å². The third-order valence-corrected chi connectivity index (χ3v) is 3.41. The molecule has 78 valence electrons. The number of fused-ring (bicyclic) bond motifs is 2. The van der Waals surface area contributed by atoms with E-state index in [4.69, 9.17) is 0 Å². The third-order valence-electron chi connectivity index (χ3n) is 2.63. The third kappa shape index (κ3) is 1.76. The predicted octanol–water partition coefficient (Wildman–Crippen LogP) is -0.692. The Morgan fingerprint density at radius 2 is 2.27 bits per heavy atom. The van der Waals surface area contributed by atoms with Gasteiger partial charge in [0.15, 0.2) is 6.21 Å². The molecule has 3 rings (SSSR count). The van der Waals surface area contributed by atoms with Crippen molar-refractivity contribution in [2.24, 2.45) is 0 Å². The molecular weight excluding hydrogens is 319 g/mol. The first-order valence-corrected chi connectivity index (χ1v) is 5.57. The number of nitrogens with zero attached hydrogens (tertiary/aromatic N) is 2. The maximum Gasteiger partial charge on any atom is 0.220 e. The second-order valence-electron chi connectivity index (χ2n) is 3.58. The molecule has 0 saturated heterocycles. The van der Waals surface area contributed by atoms with Crippen LogP contribution in [0.15, 0.2) is 29.1 Å². The SMILES string of the molecule is C[N+]1=Cc2cccn2Cc2cscc21.[I-]. The lowest BCUT2D eigenvalue weighted by Gasteiger charge is -1.99.